The van der Waals surface area contributed by atoms with Crippen LogP contribution in [-0.2, 0) is 15.0 Å². The van der Waals surface area contributed by atoms with Gasteiger partial charge >= 0.3 is 5.97 Å². The quantitative estimate of drug-likeness (QED) is 0.687. The normalized spacial score (nSPS) is 25.4. The Morgan fingerprint density at radius 2 is 1.84 bits per heavy atom. The lowest BCUT2D eigenvalue weighted by Gasteiger charge is -2.33. The van der Waals surface area contributed by atoms with Crippen molar-refractivity contribution in [1.29, 1.82) is 0 Å². The van der Waals surface area contributed by atoms with E-state index in [9.17, 15) is 13.2 Å². The van der Waals surface area contributed by atoms with Crippen LogP contribution in [0, 0.1) is 11.8 Å². The Bertz CT molecular complexity index is 387. The van der Waals surface area contributed by atoms with Gasteiger partial charge in [-0.05, 0) is 31.1 Å². The maximum Gasteiger partial charge on any atom is 0.303 e. The molecule has 1 heterocycles. The van der Waals surface area contributed by atoms with E-state index in [1.165, 1.54) is 4.31 Å². The Morgan fingerprint density at radius 1 is 1.26 bits per heavy atom. The summed E-state index contributed by atoms with van der Waals surface area (Å²) in [6.07, 6.45) is 2.18. The Labute approximate surface area is 115 Å². The predicted octanol–water partition coefficient (Wildman–Crippen LogP) is 1.05. The van der Waals surface area contributed by atoms with Crippen LogP contribution in [0.4, 0.5) is 0 Å². The van der Waals surface area contributed by atoms with Crippen molar-refractivity contribution < 1.29 is 18.3 Å². The topological polar surface area (TPSA) is 86.7 Å². The summed E-state index contributed by atoms with van der Waals surface area (Å²) in [5.74, 6) is -0.0822. The van der Waals surface area contributed by atoms with E-state index in [2.05, 4.69) is 18.6 Å². The number of hydrogen-bond donors (Lipinski definition) is 2. The first-order valence-corrected chi connectivity index (χ1v) is 8.22. The summed E-state index contributed by atoms with van der Waals surface area (Å²) in [6, 6.07) is 0. The maximum atomic E-state index is 12.1. The molecule has 0 aromatic heterocycles. The molecule has 0 radical (unpaired) electrons. The third kappa shape index (κ3) is 5.88. The van der Waals surface area contributed by atoms with E-state index in [1.54, 1.807) is 0 Å². The Kier molecular flexibility index (Phi) is 6.22. The number of aliphatic carboxylic acids is 1. The molecular weight excluding hydrogens is 268 g/mol. The van der Waals surface area contributed by atoms with Crippen LogP contribution < -0.4 is 4.72 Å². The highest BCUT2D eigenvalue weighted by atomic mass is 32.2. The zero-order chi connectivity index (χ0) is 14.5. The molecule has 0 bridgehead atoms. The first-order chi connectivity index (χ1) is 8.81. The summed E-state index contributed by atoms with van der Waals surface area (Å²) in [7, 11) is -3.41. The largest absolute Gasteiger partial charge is 0.481 e. The smallest absolute Gasteiger partial charge is 0.303 e. The number of carbonyl (C=O) groups is 1. The molecule has 6 nitrogen and oxygen atoms in total. The summed E-state index contributed by atoms with van der Waals surface area (Å²) in [4.78, 5) is 10.3. The first kappa shape index (κ1) is 16.4. The van der Waals surface area contributed by atoms with Gasteiger partial charge in [-0.15, -0.1) is 0 Å². The van der Waals surface area contributed by atoms with Crippen LogP contribution in [0.3, 0.4) is 0 Å². The van der Waals surface area contributed by atoms with Crippen LogP contribution in [0.5, 0.6) is 0 Å². The van der Waals surface area contributed by atoms with E-state index >= 15 is 0 Å². The van der Waals surface area contributed by atoms with E-state index < -0.39 is 16.2 Å². The van der Waals surface area contributed by atoms with Crippen molar-refractivity contribution in [3.05, 3.63) is 0 Å². The highest BCUT2D eigenvalue weighted by molar-refractivity contribution is 7.87. The van der Waals surface area contributed by atoms with Crippen molar-refractivity contribution in [2.45, 2.75) is 39.5 Å². The number of hydrogen-bond acceptors (Lipinski definition) is 3. The van der Waals surface area contributed by atoms with Gasteiger partial charge in [-0.2, -0.15) is 12.7 Å². The van der Waals surface area contributed by atoms with Crippen LogP contribution in [0.1, 0.15) is 39.5 Å². The van der Waals surface area contributed by atoms with Gasteiger partial charge in [-0.25, -0.2) is 4.72 Å². The first-order valence-electron chi connectivity index (χ1n) is 6.78. The molecule has 2 unspecified atom stereocenters. The second-order valence-corrected chi connectivity index (χ2v) is 7.27. The molecule has 0 aromatic carbocycles. The summed E-state index contributed by atoms with van der Waals surface area (Å²) < 4.78 is 28.2. The molecule has 1 saturated heterocycles. The fraction of sp³-hybridized carbons (Fsp3) is 0.917. The number of nitrogens with one attached hydrogen (secondary N) is 1. The van der Waals surface area contributed by atoms with Gasteiger partial charge in [0.15, 0.2) is 0 Å². The minimum Gasteiger partial charge on any atom is -0.481 e. The number of carboxylic acid groups (broad SMARTS) is 1. The van der Waals surface area contributed by atoms with Crippen molar-refractivity contribution in [3.63, 3.8) is 0 Å². The number of piperidine rings is 1. The highest BCUT2D eigenvalue weighted by Gasteiger charge is 2.29. The van der Waals surface area contributed by atoms with E-state index in [1.807, 2.05) is 0 Å². The average molecular weight is 292 g/mol. The second kappa shape index (κ2) is 7.21. The van der Waals surface area contributed by atoms with Gasteiger partial charge in [-0.1, -0.05) is 13.8 Å². The Hall–Kier alpha value is -0.660. The lowest BCUT2D eigenvalue weighted by molar-refractivity contribution is -0.137. The fourth-order valence-electron chi connectivity index (χ4n) is 2.50. The van der Waals surface area contributed by atoms with E-state index in [4.69, 9.17) is 5.11 Å². The van der Waals surface area contributed by atoms with Crippen LogP contribution >= 0.6 is 0 Å². The molecule has 0 spiro atoms. The van der Waals surface area contributed by atoms with Crippen molar-refractivity contribution in [3.8, 4) is 0 Å². The second-order valence-electron chi connectivity index (χ2n) is 5.51. The van der Waals surface area contributed by atoms with Gasteiger partial charge in [0.25, 0.3) is 10.2 Å². The molecule has 1 aliphatic rings. The lowest BCUT2D eigenvalue weighted by atomic mass is 9.94. The molecule has 112 valence electrons. The van der Waals surface area contributed by atoms with Crippen molar-refractivity contribution >= 4 is 16.2 Å². The summed E-state index contributed by atoms with van der Waals surface area (Å²) in [5.41, 5.74) is 0. The summed E-state index contributed by atoms with van der Waals surface area (Å²) >= 11 is 0. The molecule has 2 atom stereocenters. The van der Waals surface area contributed by atoms with E-state index in [0.29, 0.717) is 44.3 Å². The minimum atomic E-state index is -3.41. The third-order valence-electron chi connectivity index (χ3n) is 3.28. The SMILES string of the molecule is CC1CC(C)CN(S(=O)(=O)NCCCCC(=O)O)C1. The highest BCUT2D eigenvalue weighted by Crippen LogP contribution is 2.22. The van der Waals surface area contributed by atoms with Crippen molar-refractivity contribution in [2.75, 3.05) is 19.6 Å². The van der Waals surface area contributed by atoms with Gasteiger partial charge in [0, 0.05) is 26.1 Å². The molecule has 1 aliphatic heterocycles. The number of unbranched alkanes of at least 4 members (excludes halogenated alkanes) is 1. The van der Waals surface area contributed by atoms with Crippen LogP contribution in [0.25, 0.3) is 0 Å². The van der Waals surface area contributed by atoms with Crippen LogP contribution in [0.15, 0.2) is 0 Å². The molecular formula is C12H24N2O4S. The third-order valence-corrected chi connectivity index (χ3v) is 4.82. The van der Waals surface area contributed by atoms with Gasteiger partial charge in [-0.3, -0.25) is 4.79 Å². The molecule has 0 amide bonds. The summed E-state index contributed by atoms with van der Waals surface area (Å²) in [5, 5.41) is 8.49. The molecule has 0 aliphatic carbocycles. The van der Waals surface area contributed by atoms with E-state index in [0.717, 1.165) is 6.42 Å². The maximum absolute atomic E-state index is 12.1. The van der Waals surface area contributed by atoms with E-state index in [-0.39, 0.29) is 6.42 Å². The molecule has 0 aromatic rings. The molecule has 1 fully saturated rings. The van der Waals surface area contributed by atoms with Crippen LogP contribution in [0.2, 0.25) is 0 Å². The molecule has 19 heavy (non-hydrogen) atoms. The van der Waals surface area contributed by atoms with Crippen molar-refractivity contribution in [2.24, 2.45) is 11.8 Å². The van der Waals surface area contributed by atoms with Gasteiger partial charge in [0.05, 0.1) is 0 Å². The number of nitrogens with zero attached hydrogens (tertiary/aromatic N) is 1. The zero-order valence-corrected chi connectivity index (χ0v) is 12.4. The number of rotatable bonds is 7. The fourth-order valence-corrected chi connectivity index (χ4v) is 3.98. The lowest BCUT2D eigenvalue weighted by Crippen LogP contribution is -2.48. The van der Waals surface area contributed by atoms with Gasteiger partial charge < -0.3 is 5.11 Å². The van der Waals surface area contributed by atoms with Gasteiger partial charge in [0.2, 0.25) is 0 Å². The minimum absolute atomic E-state index is 0.0828. The molecule has 1 rings (SSSR count). The Morgan fingerprint density at radius 3 is 2.37 bits per heavy atom. The average Bonchev–Trinajstić information content (AvgIpc) is 2.26. The monoisotopic (exact) mass is 292 g/mol. The Balaban J connectivity index is 2.36. The zero-order valence-electron chi connectivity index (χ0n) is 11.6. The van der Waals surface area contributed by atoms with Crippen molar-refractivity contribution in [1.82, 2.24) is 9.03 Å². The van der Waals surface area contributed by atoms with Crippen LogP contribution in [-0.4, -0.2) is 43.4 Å². The number of carboxylic acids is 1. The van der Waals surface area contributed by atoms with Gasteiger partial charge in [0.1, 0.15) is 0 Å². The molecule has 2 N–H and O–H groups in total. The molecule has 7 heteroatoms. The standard InChI is InChI=1S/C12H24N2O4S/c1-10-7-11(2)9-14(8-10)19(17,18)13-6-4-3-5-12(15)16/h10-11,13H,3-9H2,1-2H3,(H,15,16). The predicted molar refractivity (Wildman–Crippen MR) is 72.9 cm³/mol. The molecule has 0 saturated carbocycles. The summed E-state index contributed by atoms with van der Waals surface area (Å²) in [6.45, 7) is 5.55.